The third-order valence-electron chi connectivity index (χ3n) is 4.83. The fourth-order valence-corrected chi connectivity index (χ4v) is 4.05. The molecule has 28 heavy (non-hydrogen) atoms. The van der Waals surface area contributed by atoms with Crippen LogP contribution in [-0.4, -0.2) is 50.0 Å². The van der Waals surface area contributed by atoms with Gasteiger partial charge in [0.1, 0.15) is 0 Å². The summed E-state index contributed by atoms with van der Waals surface area (Å²) in [6, 6.07) is 14.6. The zero-order chi connectivity index (χ0) is 18.9. The number of amides is 1. The van der Waals surface area contributed by atoms with Crippen LogP contribution in [0.5, 0.6) is 0 Å². The second-order valence-corrected chi connectivity index (χ2v) is 7.89. The van der Waals surface area contributed by atoms with Crippen LogP contribution in [0.4, 0.5) is 0 Å². The van der Waals surface area contributed by atoms with Crippen LogP contribution in [0.3, 0.4) is 0 Å². The quantitative estimate of drug-likeness (QED) is 0.325. The zero-order valence-corrected chi connectivity index (χ0v) is 19.4. The second-order valence-electron chi connectivity index (χ2n) is 6.85. The summed E-state index contributed by atoms with van der Waals surface area (Å²) in [7, 11) is 1.78. The molecule has 1 saturated heterocycles. The molecule has 1 aromatic heterocycles. The number of thiophene rings is 1. The number of aliphatic imine (C=N–C) groups is 1. The first-order valence-electron chi connectivity index (χ1n) is 9.53. The SMILES string of the molecule is CN=C(NCCc1cccs1)NCC1CC(=O)N(CCc2ccccc2)C1.I. The van der Waals surface area contributed by atoms with Gasteiger partial charge in [0, 0.05) is 50.4 Å². The topological polar surface area (TPSA) is 56.7 Å². The van der Waals surface area contributed by atoms with Crippen molar-refractivity contribution in [2.45, 2.75) is 19.3 Å². The predicted molar refractivity (Wildman–Crippen MR) is 128 cm³/mol. The Hall–Kier alpha value is -1.61. The fourth-order valence-electron chi connectivity index (χ4n) is 3.34. The standard InChI is InChI=1S/C21H28N4OS.HI/c1-22-21(23-11-9-19-8-5-13-27-19)24-15-18-14-20(26)25(16-18)12-10-17-6-3-2-4-7-17;/h2-8,13,18H,9-12,14-16H2,1H3,(H2,22,23,24);1H. The van der Waals surface area contributed by atoms with Crippen molar-refractivity contribution in [3.05, 3.63) is 58.3 Å². The highest BCUT2D eigenvalue weighted by Crippen LogP contribution is 2.17. The lowest BCUT2D eigenvalue weighted by Gasteiger charge is -2.18. The molecular weight excluding hydrogens is 483 g/mol. The van der Waals surface area contributed by atoms with E-state index in [0.29, 0.717) is 12.3 Å². The highest BCUT2D eigenvalue weighted by atomic mass is 127. The monoisotopic (exact) mass is 512 g/mol. The molecule has 1 aliphatic heterocycles. The first kappa shape index (κ1) is 22.7. The molecule has 1 amide bonds. The molecule has 1 aromatic carbocycles. The molecule has 1 aliphatic rings. The Balaban J connectivity index is 0.00000280. The predicted octanol–water partition coefficient (Wildman–Crippen LogP) is 3.16. The van der Waals surface area contributed by atoms with Crippen molar-refractivity contribution in [1.82, 2.24) is 15.5 Å². The molecule has 5 nitrogen and oxygen atoms in total. The van der Waals surface area contributed by atoms with E-state index in [2.05, 4.69) is 45.3 Å². The average molecular weight is 512 g/mol. The van der Waals surface area contributed by atoms with E-state index in [1.807, 2.05) is 23.1 Å². The maximum atomic E-state index is 12.3. The van der Waals surface area contributed by atoms with Gasteiger partial charge in [-0.05, 0) is 29.9 Å². The summed E-state index contributed by atoms with van der Waals surface area (Å²) in [6.45, 7) is 3.25. The molecule has 1 fully saturated rings. The van der Waals surface area contributed by atoms with E-state index < -0.39 is 0 Å². The lowest BCUT2D eigenvalue weighted by molar-refractivity contribution is -0.127. The highest BCUT2D eigenvalue weighted by Gasteiger charge is 2.29. The van der Waals surface area contributed by atoms with Crippen molar-refractivity contribution >= 4 is 47.2 Å². The molecule has 7 heteroatoms. The molecule has 0 bridgehead atoms. The Morgan fingerprint density at radius 1 is 1.18 bits per heavy atom. The minimum absolute atomic E-state index is 0. The molecule has 0 radical (unpaired) electrons. The van der Waals surface area contributed by atoms with E-state index >= 15 is 0 Å². The normalized spacial score (nSPS) is 16.8. The Morgan fingerprint density at radius 2 is 2.00 bits per heavy atom. The van der Waals surface area contributed by atoms with E-state index in [-0.39, 0.29) is 29.9 Å². The van der Waals surface area contributed by atoms with Crippen molar-refractivity contribution in [2.75, 3.05) is 33.2 Å². The number of carbonyl (C=O) groups excluding carboxylic acids is 1. The molecule has 0 spiro atoms. The van der Waals surface area contributed by atoms with Crippen LogP contribution in [-0.2, 0) is 17.6 Å². The number of nitrogens with one attached hydrogen (secondary N) is 2. The van der Waals surface area contributed by atoms with Gasteiger partial charge in [0.2, 0.25) is 5.91 Å². The summed E-state index contributed by atoms with van der Waals surface area (Å²) in [5.74, 6) is 1.41. The van der Waals surface area contributed by atoms with Crippen LogP contribution in [0.1, 0.15) is 16.9 Å². The van der Waals surface area contributed by atoms with Crippen LogP contribution >= 0.6 is 35.3 Å². The van der Waals surface area contributed by atoms with Crippen LogP contribution < -0.4 is 10.6 Å². The lowest BCUT2D eigenvalue weighted by Crippen LogP contribution is -2.41. The summed E-state index contributed by atoms with van der Waals surface area (Å²) in [6.07, 6.45) is 2.53. The van der Waals surface area contributed by atoms with E-state index in [9.17, 15) is 4.79 Å². The third kappa shape index (κ3) is 7.09. The molecule has 2 aromatic rings. The van der Waals surface area contributed by atoms with E-state index in [1.165, 1.54) is 10.4 Å². The molecular formula is C21H29IN4OS. The summed E-state index contributed by atoms with van der Waals surface area (Å²) in [5, 5.41) is 8.82. The zero-order valence-electron chi connectivity index (χ0n) is 16.3. The Labute approximate surface area is 188 Å². The molecule has 0 aliphatic carbocycles. The van der Waals surface area contributed by atoms with Crippen molar-refractivity contribution in [1.29, 1.82) is 0 Å². The van der Waals surface area contributed by atoms with Gasteiger partial charge >= 0.3 is 0 Å². The molecule has 2 N–H and O–H groups in total. The van der Waals surface area contributed by atoms with Gasteiger partial charge < -0.3 is 15.5 Å². The lowest BCUT2D eigenvalue weighted by atomic mass is 10.1. The fraction of sp³-hybridized carbons (Fsp3) is 0.429. The van der Waals surface area contributed by atoms with Gasteiger partial charge in [0.05, 0.1) is 0 Å². The molecule has 2 heterocycles. The largest absolute Gasteiger partial charge is 0.356 e. The number of halogens is 1. The smallest absolute Gasteiger partial charge is 0.223 e. The number of hydrogen-bond donors (Lipinski definition) is 2. The van der Waals surface area contributed by atoms with Gasteiger partial charge in [-0.3, -0.25) is 9.79 Å². The van der Waals surface area contributed by atoms with Crippen molar-refractivity contribution < 1.29 is 4.79 Å². The summed E-state index contributed by atoms with van der Waals surface area (Å²) in [5.41, 5.74) is 1.28. The molecule has 0 saturated carbocycles. The Bertz CT molecular complexity index is 736. The van der Waals surface area contributed by atoms with Crippen molar-refractivity contribution in [3.63, 3.8) is 0 Å². The van der Waals surface area contributed by atoms with Crippen molar-refractivity contribution in [3.8, 4) is 0 Å². The molecule has 1 atom stereocenters. The van der Waals surface area contributed by atoms with E-state index in [0.717, 1.165) is 45.0 Å². The van der Waals surface area contributed by atoms with Gasteiger partial charge in [0.15, 0.2) is 5.96 Å². The average Bonchev–Trinajstić information content (AvgIpc) is 3.33. The van der Waals surface area contributed by atoms with Crippen LogP contribution in [0, 0.1) is 5.92 Å². The van der Waals surface area contributed by atoms with Crippen LogP contribution in [0.25, 0.3) is 0 Å². The summed E-state index contributed by atoms with van der Waals surface area (Å²) >= 11 is 1.78. The highest BCUT2D eigenvalue weighted by molar-refractivity contribution is 14.0. The van der Waals surface area contributed by atoms with E-state index in [1.54, 1.807) is 18.4 Å². The van der Waals surface area contributed by atoms with Gasteiger partial charge in [-0.15, -0.1) is 35.3 Å². The minimum Gasteiger partial charge on any atom is -0.356 e. The van der Waals surface area contributed by atoms with Gasteiger partial charge in [-0.25, -0.2) is 0 Å². The first-order chi connectivity index (χ1) is 13.2. The van der Waals surface area contributed by atoms with Crippen LogP contribution in [0.2, 0.25) is 0 Å². The summed E-state index contributed by atoms with van der Waals surface area (Å²) in [4.78, 5) is 19.9. The number of guanidine groups is 1. The van der Waals surface area contributed by atoms with Crippen LogP contribution in [0.15, 0.2) is 52.8 Å². The number of likely N-dealkylation sites (tertiary alicyclic amines) is 1. The van der Waals surface area contributed by atoms with Gasteiger partial charge in [-0.1, -0.05) is 36.4 Å². The maximum absolute atomic E-state index is 12.3. The number of carbonyl (C=O) groups is 1. The number of nitrogens with zero attached hydrogens (tertiary/aromatic N) is 2. The molecule has 1 unspecified atom stereocenters. The minimum atomic E-state index is 0. The molecule has 3 rings (SSSR count). The Morgan fingerprint density at radius 3 is 2.71 bits per heavy atom. The number of rotatable bonds is 8. The van der Waals surface area contributed by atoms with E-state index in [4.69, 9.17) is 0 Å². The molecule has 152 valence electrons. The van der Waals surface area contributed by atoms with Gasteiger partial charge in [-0.2, -0.15) is 0 Å². The summed E-state index contributed by atoms with van der Waals surface area (Å²) < 4.78 is 0. The van der Waals surface area contributed by atoms with Gasteiger partial charge in [0.25, 0.3) is 0 Å². The number of benzene rings is 1. The Kier molecular flexibility index (Phi) is 9.77. The first-order valence-corrected chi connectivity index (χ1v) is 10.4. The third-order valence-corrected chi connectivity index (χ3v) is 5.77. The second kappa shape index (κ2) is 12.1. The number of hydrogen-bond acceptors (Lipinski definition) is 3. The maximum Gasteiger partial charge on any atom is 0.223 e. The van der Waals surface area contributed by atoms with Crippen molar-refractivity contribution in [2.24, 2.45) is 10.9 Å².